The van der Waals surface area contributed by atoms with Crippen LogP contribution in [0.15, 0.2) is 12.1 Å². The molecule has 1 aromatic carbocycles. The van der Waals surface area contributed by atoms with Gasteiger partial charge in [-0.1, -0.05) is 0 Å². The summed E-state index contributed by atoms with van der Waals surface area (Å²) in [5.74, 6) is 2.45. The smallest absolute Gasteiger partial charge is 0.231 e. The van der Waals surface area contributed by atoms with E-state index in [0.29, 0.717) is 6.04 Å². The van der Waals surface area contributed by atoms with Gasteiger partial charge in [0.15, 0.2) is 11.5 Å². The molecule has 0 spiro atoms. The highest BCUT2D eigenvalue weighted by Gasteiger charge is 2.28. The van der Waals surface area contributed by atoms with Gasteiger partial charge < -0.3 is 19.3 Å². The molecule has 1 aromatic rings. The summed E-state index contributed by atoms with van der Waals surface area (Å²) in [4.78, 5) is 4.98. The number of nitrogens with zero attached hydrogens (tertiary/aromatic N) is 2. The molecular formula is C19H28N2O4. The summed E-state index contributed by atoms with van der Waals surface area (Å²) < 4.78 is 16.5. The van der Waals surface area contributed by atoms with Crippen molar-refractivity contribution >= 4 is 0 Å². The van der Waals surface area contributed by atoms with Crippen molar-refractivity contribution in [2.75, 3.05) is 40.1 Å². The van der Waals surface area contributed by atoms with Crippen molar-refractivity contribution in [1.29, 1.82) is 0 Å². The fraction of sp³-hybridized carbons (Fsp3) is 0.684. The minimum absolute atomic E-state index is 0.135. The van der Waals surface area contributed by atoms with Crippen molar-refractivity contribution in [1.82, 2.24) is 9.80 Å². The number of β-amino-alcohol motifs (C(OH)–C–C–N with tert-alkyl or cyclic N) is 1. The zero-order valence-electron chi connectivity index (χ0n) is 14.9. The van der Waals surface area contributed by atoms with Crippen molar-refractivity contribution in [3.05, 3.63) is 17.7 Å². The van der Waals surface area contributed by atoms with Gasteiger partial charge in [-0.15, -0.1) is 0 Å². The lowest BCUT2D eigenvalue weighted by Gasteiger charge is -2.41. The van der Waals surface area contributed by atoms with Crippen LogP contribution in [0.3, 0.4) is 0 Å². The normalized spacial score (nSPS) is 25.3. The molecule has 2 fully saturated rings. The number of piperidine rings is 2. The van der Waals surface area contributed by atoms with E-state index in [1.54, 1.807) is 7.11 Å². The fourth-order valence-electron chi connectivity index (χ4n) is 4.28. The average Bonchev–Trinajstić information content (AvgIpc) is 3.09. The number of aliphatic hydroxyl groups excluding tert-OH is 1. The van der Waals surface area contributed by atoms with Crippen LogP contribution < -0.4 is 14.2 Å². The van der Waals surface area contributed by atoms with Crippen LogP contribution in [-0.4, -0.2) is 67.1 Å². The number of hydrogen-bond acceptors (Lipinski definition) is 6. The Labute approximate surface area is 149 Å². The summed E-state index contributed by atoms with van der Waals surface area (Å²) in [5.41, 5.74) is 1.15. The Morgan fingerprint density at radius 1 is 1.12 bits per heavy atom. The zero-order chi connectivity index (χ0) is 17.2. The van der Waals surface area contributed by atoms with Crippen LogP contribution in [0.25, 0.3) is 0 Å². The highest BCUT2D eigenvalue weighted by atomic mass is 16.7. The van der Waals surface area contributed by atoms with Crippen LogP contribution in [0.5, 0.6) is 17.2 Å². The van der Waals surface area contributed by atoms with Gasteiger partial charge in [-0.05, 0) is 51.4 Å². The van der Waals surface area contributed by atoms with E-state index in [0.717, 1.165) is 68.4 Å². The molecule has 0 aliphatic carbocycles. The van der Waals surface area contributed by atoms with Crippen LogP contribution in [-0.2, 0) is 6.54 Å². The number of rotatable bonds is 4. The summed E-state index contributed by atoms with van der Waals surface area (Å²) in [6.45, 7) is 5.30. The van der Waals surface area contributed by atoms with E-state index in [4.69, 9.17) is 14.2 Å². The first-order chi connectivity index (χ1) is 12.2. The lowest BCUT2D eigenvalue weighted by Crippen LogP contribution is -2.49. The molecule has 3 heterocycles. The van der Waals surface area contributed by atoms with Crippen molar-refractivity contribution in [2.45, 2.75) is 44.4 Å². The first-order valence-electron chi connectivity index (χ1n) is 9.34. The second-order valence-electron chi connectivity index (χ2n) is 7.32. The van der Waals surface area contributed by atoms with Gasteiger partial charge in [0, 0.05) is 30.8 Å². The van der Waals surface area contributed by atoms with Crippen LogP contribution in [0.2, 0.25) is 0 Å². The minimum atomic E-state index is -0.135. The van der Waals surface area contributed by atoms with Crippen molar-refractivity contribution in [3.63, 3.8) is 0 Å². The maximum Gasteiger partial charge on any atom is 0.231 e. The van der Waals surface area contributed by atoms with E-state index in [1.165, 1.54) is 12.8 Å². The number of fused-ring (bicyclic) bond motifs is 1. The summed E-state index contributed by atoms with van der Waals surface area (Å²) in [7, 11) is 1.70. The molecule has 6 heteroatoms. The molecule has 1 atom stereocenters. The van der Waals surface area contributed by atoms with Crippen LogP contribution in [0.4, 0.5) is 0 Å². The van der Waals surface area contributed by atoms with Gasteiger partial charge in [0.2, 0.25) is 6.79 Å². The standard InChI is InChI=1S/C19H28N2O4/c1-23-17-10-19-18(24-13-25-19)9-14(17)11-20-7-4-15(5-8-20)21-6-2-3-16(22)12-21/h9-10,15-16,22H,2-8,11-13H2,1H3. The molecule has 3 aliphatic rings. The van der Waals surface area contributed by atoms with Gasteiger partial charge in [-0.3, -0.25) is 9.80 Å². The Hall–Kier alpha value is -1.50. The molecule has 4 rings (SSSR count). The molecule has 6 nitrogen and oxygen atoms in total. The second-order valence-corrected chi connectivity index (χ2v) is 7.32. The number of hydrogen-bond donors (Lipinski definition) is 1. The third-order valence-electron chi connectivity index (χ3n) is 5.67. The average molecular weight is 348 g/mol. The van der Waals surface area contributed by atoms with Crippen LogP contribution in [0.1, 0.15) is 31.2 Å². The lowest BCUT2D eigenvalue weighted by atomic mass is 9.98. The molecule has 2 saturated heterocycles. The van der Waals surface area contributed by atoms with E-state index < -0.39 is 0 Å². The molecule has 25 heavy (non-hydrogen) atoms. The van der Waals surface area contributed by atoms with Gasteiger partial charge in [0.1, 0.15) is 5.75 Å². The lowest BCUT2D eigenvalue weighted by molar-refractivity contribution is 0.0242. The van der Waals surface area contributed by atoms with Gasteiger partial charge in [-0.2, -0.15) is 0 Å². The Balaban J connectivity index is 1.36. The van der Waals surface area contributed by atoms with Gasteiger partial charge >= 0.3 is 0 Å². The maximum atomic E-state index is 9.90. The minimum Gasteiger partial charge on any atom is -0.496 e. The van der Waals surface area contributed by atoms with Crippen molar-refractivity contribution < 1.29 is 19.3 Å². The van der Waals surface area contributed by atoms with E-state index in [1.807, 2.05) is 12.1 Å². The summed E-state index contributed by atoms with van der Waals surface area (Å²) >= 11 is 0. The van der Waals surface area contributed by atoms with Gasteiger partial charge in [-0.25, -0.2) is 0 Å². The third kappa shape index (κ3) is 3.71. The summed E-state index contributed by atoms with van der Waals surface area (Å²) in [5, 5.41) is 9.90. The number of likely N-dealkylation sites (tertiary alicyclic amines) is 2. The molecule has 3 aliphatic heterocycles. The topological polar surface area (TPSA) is 54.4 Å². The highest BCUT2D eigenvalue weighted by Crippen LogP contribution is 2.38. The van der Waals surface area contributed by atoms with E-state index in [-0.39, 0.29) is 12.9 Å². The first-order valence-corrected chi connectivity index (χ1v) is 9.34. The monoisotopic (exact) mass is 348 g/mol. The number of benzene rings is 1. The molecule has 0 bridgehead atoms. The van der Waals surface area contributed by atoms with E-state index >= 15 is 0 Å². The number of ether oxygens (including phenoxy) is 3. The second kappa shape index (κ2) is 7.40. The molecule has 1 unspecified atom stereocenters. The Morgan fingerprint density at radius 2 is 1.88 bits per heavy atom. The van der Waals surface area contributed by atoms with Crippen LogP contribution >= 0.6 is 0 Å². The SMILES string of the molecule is COc1cc2c(cc1CN1CCC(N3CCCC(O)C3)CC1)OCO2. The quantitative estimate of drug-likeness (QED) is 0.896. The highest BCUT2D eigenvalue weighted by molar-refractivity contribution is 5.51. The summed E-state index contributed by atoms with van der Waals surface area (Å²) in [6.07, 6.45) is 4.28. The zero-order valence-corrected chi connectivity index (χ0v) is 14.9. The van der Waals surface area contributed by atoms with Gasteiger partial charge in [0.25, 0.3) is 0 Å². The predicted octanol–water partition coefficient (Wildman–Crippen LogP) is 1.84. The third-order valence-corrected chi connectivity index (χ3v) is 5.67. The number of methoxy groups -OCH3 is 1. The largest absolute Gasteiger partial charge is 0.496 e. The molecule has 0 amide bonds. The first kappa shape index (κ1) is 16.9. The van der Waals surface area contributed by atoms with Crippen molar-refractivity contribution in [3.8, 4) is 17.2 Å². The fourth-order valence-corrected chi connectivity index (χ4v) is 4.28. The molecule has 0 saturated carbocycles. The molecular weight excluding hydrogens is 320 g/mol. The Morgan fingerprint density at radius 3 is 2.60 bits per heavy atom. The maximum absolute atomic E-state index is 9.90. The molecule has 0 radical (unpaired) electrons. The summed E-state index contributed by atoms with van der Waals surface area (Å²) in [6, 6.07) is 4.60. The van der Waals surface area contributed by atoms with E-state index in [9.17, 15) is 5.11 Å². The molecule has 1 N–H and O–H groups in total. The van der Waals surface area contributed by atoms with Gasteiger partial charge in [0.05, 0.1) is 13.2 Å². The molecule has 0 aromatic heterocycles. The van der Waals surface area contributed by atoms with Crippen molar-refractivity contribution in [2.24, 2.45) is 0 Å². The Bertz CT molecular complexity index is 601. The predicted molar refractivity (Wildman–Crippen MR) is 94.2 cm³/mol. The molecule has 138 valence electrons. The Kier molecular flexibility index (Phi) is 5.01. The van der Waals surface area contributed by atoms with Crippen LogP contribution in [0, 0.1) is 0 Å². The number of aliphatic hydroxyl groups is 1. The van der Waals surface area contributed by atoms with E-state index in [2.05, 4.69) is 9.80 Å².